The van der Waals surface area contributed by atoms with Gasteiger partial charge in [-0.2, -0.15) is 0 Å². The summed E-state index contributed by atoms with van der Waals surface area (Å²) < 4.78 is 9.89. The minimum Gasteiger partial charge on any atom is -0.382 e. The third-order valence-corrected chi connectivity index (χ3v) is 1.78. The highest BCUT2D eigenvalue weighted by atomic mass is 16.5. The molecular weight excluding hydrogens is 184 g/mol. The van der Waals surface area contributed by atoms with Gasteiger partial charge in [0.2, 0.25) is 5.91 Å². The summed E-state index contributed by atoms with van der Waals surface area (Å²) in [6, 6.07) is 0. The fraction of sp³-hybridized carbons (Fsp3) is 0.889. The monoisotopic (exact) mass is 204 g/mol. The molecule has 0 aromatic rings. The SMILES string of the molecule is CNCCN(C)C(=O)COCCOC. The fourth-order valence-electron chi connectivity index (χ4n) is 0.816. The highest BCUT2D eigenvalue weighted by molar-refractivity contribution is 5.77. The molecule has 5 nitrogen and oxygen atoms in total. The van der Waals surface area contributed by atoms with Crippen LogP contribution in [0.2, 0.25) is 0 Å². The Hall–Kier alpha value is -0.650. The molecule has 0 saturated heterocycles. The van der Waals surface area contributed by atoms with E-state index in [0.29, 0.717) is 19.8 Å². The normalized spacial score (nSPS) is 10.2. The van der Waals surface area contributed by atoms with Crippen LogP contribution in [0.3, 0.4) is 0 Å². The second-order valence-corrected chi connectivity index (χ2v) is 2.96. The van der Waals surface area contributed by atoms with Crippen molar-refractivity contribution in [3.05, 3.63) is 0 Å². The Bertz CT molecular complexity index is 153. The predicted molar refractivity (Wildman–Crippen MR) is 54.3 cm³/mol. The van der Waals surface area contributed by atoms with Gasteiger partial charge in [0.05, 0.1) is 13.2 Å². The van der Waals surface area contributed by atoms with E-state index >= 15 is 0 Å². The maximum absolute atomic E-state index is 11.3. The summed E-state index contributed by atoms with van der Waals surface area (Å²) >= 11 is 0. The van der Waals surface area contributed by atoms with Gasteiger partial charge < -0.3 is 19.7 Å². The van der Waals surface area contributed by atoms with Gasteiger partial charge in [0.1, 0.15) is 6.61 Å². The van der Waals surface area contributed by atoms with Gasteiger partial charge in [0.15, 0.2) is 0 Å². The van der Waals surface area contributed by atoms with E-state index in [1.807, 2.05) is 7.05 Å². The Morgan fingerprint density at radius 1 is 1.43 bits per heavy atom. The van der Waals surface area contributed by atoms with Gasteiger partial charge in [0, 0.05) is 27.2 Å². The molecule has 1 amide bonds. The molecule has 0 fully saturated rings. The van der Waals surface area contributed by atoms with Gasteiger partial charge in [-0.3, -0.25) is 4.79 Å². The molecule has 0 unspecified atom stereocenters. The lowest BCUT2D eigenvalue weighted by Gasteiger charge is -2.16. The molecule has 1 N–H and O–H groups in total. The minimum atomic E-state index is -0.00338. The Balaban J connectivity index is 3.42. The van der Waals surface area contributed by atoms with Crippen molar-refractivity contribution in [1.82, 2.24) is 10.2 Å². The first-order chi connectivity index (χ1) is 6.72. The van der Waals surface area contributed by atoms with E-state index in [-0.39, 0.29) is 12.5 Å². The predicted octanol–water partition coefficient (Wildman–Crippen LogP) is -0.673. The summed E-state index contributed by atoms with van der Waals surface area (Å²) in [5.41, 5.74) is 0. The van der Waals surface area contributed by atoms with Crippen molar-refractivity contribution in [2.75, 3.05) is 54.1 Å². The second kappa shape index (κ2) is 8.93. The summed E-state index contributed by atoms with van der Waals surface area (Å²) in [4.78, 5) is 13.0. The van der Waals surface area contributed by atoms with Gasteiger partial charge in [-0.1, -0.05) is 0 Å². The zero-order valence-corrected chi connectivity index (χ0v) is 9.21. The van der Waals surface area contributed by atoms with Crippen molar-refractivity contribution in [3.63, 3.8) is 0 Å². The van der Waals surface area contributed by atoms with Crippen LogP contribution < -0.4 is 5.32 Å². The molecule has 0 saturated carbocycles. The van der Waals surface area contributed by atoms with E-state index in [4.69, 9.17) is 9.47 Å². The van der Waals surface area contributed by atoms with Gasteiger partial charge in [-0.25, -0.2) is 0 Å². The molecule has 0 spiro atoms. The number of hydrogen-bond acceptors (Lipinski definition) is 4. The number of methoxy groups -OCH3 is 1. The van der Waals surface area contributed by atoms with Crippen LogP contribution in [-0.2, 0) is 14.3 Å². The lowest BCUT2D eigenvalue weighted by molar-refractivity contribution is -0.135. The van der Waals surface area contributed by atoms with Crippen LogP contribution in [0, 0.1) is 0 Å². The minimum absolute atomic E-state index is 0.00338. The fourth-order valence-corrected chi connectivity index (χ4v) is 0.816. The van der Waals surface area contributed by atoms with Gasteiger partial charge >= 0.3 is 0 Å². The number of hydrogen-bond donors (Lipinski definition) is 1. The molecule has 0 radical (unpaired) electrons. The summed E-state index contributed by atoms with van der Waals surface area (Å²) in [7, 11) is 5.22. The molecule has 0 aromatic heterocycles. The van der Waals surface area contributed by atoms with Gasteiger partial charge in [-0.05, 0) is 7.05 Å². The Morgan fingerprint density at radius 2 is 2.14 bits per heavy atom. The van der Waals surface area contributed by atoms with Crippen LogP contribution in [0.15, 0.2) is 0 Å². The van der Waals surface area contributed by atoms with Gasteiger partial charge in [0.25, 0.3) is 0 Å². The van der Waals surface area contributed by atoms with E-state index < -0.39 is 0 Å². The summed E-state index contributed by atoms with van der Waals surface area (Å²) in [6.07, 6.45) is 0. The molecule has 0 aliphatic heterocycles. The number of carbonyl (C=O) groups excluding carboxylic acids is 1. The van der Waals surface area contributed by atoms with Crippen LogP contribution in [0.25, 0.3) is 0 Å². The van der Waals surface area contributed by atoms with Crippen LogP contribution in [0.5, 0.6) is 0 Å². The highest BCUT2D eigenvalue weighted by Gasteiger charge is 2.07. The number of nitrogens with zero attached hydrogens (tertiary/aromatic N) is 1. The van der Waals surface area contributed by atoms with Crippen molar-refractivity contribution in [2.24, 2.45) is 0 Å². The number of amides is 1. The lowest BCUT2D eigenvalue weighted by Crippen LogP contribution is -2.35. The molecule has 0 heterocycles. The van der Waals surface area contributed by atoms with Gasteiger partial charge in [-0.15, -0.1) is 0 Å². The van der Waals surface area contributed by atoms with Crippen molar-refractivity contribution < 1.29 is 14.3 Å². The summed E-state index contributed by atoms with van der Waals surface area (Å²) in [5.74, 6) is -0.00338. The van der Waals surface area contributed by atoms with Crippen LogP contribution in [-0.4, -0.2) is 64.9 Å². The maximum atomic E-state index is 11.3. The average molecular weight is 204 g/mol. The summed E-state index contributed by atoms with van der Waals surface area (Å²) in [6.45, 7) is 2.60. The van der Waals surface area contributed by atoms with E-state index in [0.717, 1.165) is 6.54 Å². The molecule has 14 heavy (non-hydrogen) atoms. The first kappa shape index (κ1) is 13.4. The molecule has 84 valence electrons. The average Bonchev–Trinajstić information content (AvgIpc) is 2.20. The third-order valence-electron chi connectivity index (χ3n) is 1.78. The van der Waals surface area contributed by atoms with E-state index in [1.54, 1.807) is 19.1 Å². The second-order valence-electron chi connectivity index (χ2n) is 2.96. The lowest BCUT2D eigenvalue weighted by atomic mass is 10.5. The number of ether oxygens (including phenoxy) is 2. The zero-order valence-electron chi connectivity index (χ0n) is 9.21. The van der Waals surface area contributed by atoms with E-state index in [1.165, 1.54) is 0 Å². The number of carbonyl (C=O) groups is 1. The Labute approximate surface area is 85.4 Å². The molecule has 0 bridgehead atoms. The Kier molecular flexibility index (Phi) is 8.51. The van der Waals surface area contributed by atoms with Crippen molar-refractivity contribution in [1.29, 1.82) is 0 Å². The summed E-state index contributed by atoms with van der Waals surface area (Å²) in [5, 5.41) is 2.98. The standard InChI is InChI=1S/C9H20N2O3/c1-10-4-5-11(2)9(12)8-14-7-6-13-3/h10H,4-8H2,1-3H3. The maximum Gasteiger partial charge on any atom is 0.248 e. The number of likely N-dealkylation sites (N-methyl/N-ethyl adjacent to an activating group) is 2. The highest BCUT2D eigenvalue weighted by Crippen LogP contribution is 1.85. The molecule has 5 heteroatoms. The first-order valence-electron chi connectivity index (χ1n) is 4.67. The molecule has 0 aliphatic carbocycles. The van der Waals surface area contributed by atoms with E-state index in [2.05, 4.69) is 5.32 Å². The molecular formula is C9H20N2O3. The largest absolute Gasteiger partial charge is 0.382 e. The number of nitrogens with one attached hydrogen (secondary N) is 1. The van der Waals surface area contributed by atoms with Crippen molar-refractivity contribution in [2.45, 2.75) is 0 Å². The first-order valence-corrected chi connectivity index (χ1v) is 4.67. The molecule has 0 atom stereocenters. The molecule has 0 aromatic carbocycles. The Morgan fingerprint density at radius 3 is 2.71 bits per heavy atom. The zero-order chi connectivity index (χ0) is 10.8. The topological polar surface area (TPSA) is 50.8 Å². The van der Waals surface area contributed by atoms with E-state index in [9.17, 15) is 4.79 Å². The molecule has 0 rings (SSSR count). The van der Waals surface area contributed by atoms with Crippen LogP contribution in [0.1, 0.15) is 0 Å². The quantitative estimate of drug-likeness (QED) is 0.533. The van der Waals surface area contributed by atoms with Crippen molar-refractivity contribution >= 4 is 5.91 Å². The third kappa shape index (κ3) is 6.82. The number of rotatable bonds is 8. The van der Waals surface area contributed by atoms with Crippen LogP contribution in [0.4, 0.5) is 0 Å². The molecule has 0 aliphatic rings. The van der Waals surface area contributed by atoms with Crippen LogP contribution >= 0.6 is 0 Å². The smallest absolute Gasteiger partial charge is 0.248 e. The van der Waals surface area contributed by atoms with Crippen molar-refractivity contribution in [3.8, 4) is 0 Å².